The molecule has 7 heteroatoms. The number of thioether (sulfide) groups is 1. The molecule has 24 heavy (non-hydrogen) atoms. The van der Waals surface area contributed by atoms with Gasteiger partial charge in [0.25, 0.3) is 0 Å². The lowest BCUT2D eigenvalue weighted by Crippen LogP contribution is -2.13. The Hall–Kier alpha value is -2.10. The topological polar surface area (TPSA) is 78.7 Å². The number of hydrogen-bond donors (Lipinski definition) is 1. The van der Waals surface area contributed by atoms with E-state index in [9.17, 15) is 4.79 Å². The van der Waals surface area contributed by atoms with Crippen LogP contribution in [0.4, 0.5) is 5.69 Å². The number of carbonyl (C=O) groups excluding carboxylic acids is 1. The number of halogens is 1. The summed E-state index contributed by atoms with van der Waals surface area (Å²) in [5.74, 6) is -0.122. The average Bonchev–Trinajstić information content (AvgIpc) is 2.54. The van der Waals surface area contributed by atoms with Gasteiger partial charge in [0.2, 0.25) is 5.91 Å². The van der Waals surface area contributed by atoms with Crippen molar-refractivity contribution in [1.29, 1.82) is 5.26 Å². The normalized spacial score (nSPS) is 10.3. The summed E-state index contributed by atoms with van der Waals surface area (Å²) in [5, 5.41) is 12.7. The molecule has 0 aliphatic rings. The van der Waals surface area contributed by atoms with Crippen LogP contribution >= 0.6 is 23.4 Å². The molecule has 124 valence electrons. The van der Waals surface area contributed by atoms with E-state index in [1.54, 1.807) is 18.2 Å². The SMILES string of the molecule is CSc1nc(C)c(CCC(=O)Nc2ccc(C#N)c(Cl)c2)c(C)n1. The first kappa shape index (κ1) is 18.2. The monoisotopic (exact) mass is 360 g/mol. The van der Waals surface area contributed by atoms with Crippen molar-refractivity contribution in [3.8, 4) is 6.07 Å². The molecule has 0 unspecified atom stereocenters. The standard InChI is InChI=1S/C17H17ClN4OS/c1-10-14(11(2)21-17(20-10)24-3)6-7-16(23)22-13-5-4-12(9-19)15(18)8-13/h4-5,8H,6-7H2,1-3H3,(H,22,23). The minimum absolute atomic E-state index is 0.122. The lowest BCUT2D eigenvalue weighted by molar-refractivity contribution is -0.116. The first-order chi connectivity index (χ1) is 11.4. The Labute approximate surface area is 150 Å². The Bertz CT molecular complexity index is 794. The number of nitrogens with one attached hydrogen (secondary N) is 1. The van der Waals surface area contributed by atoms with Crippen molar-refractivity contribution in [2.24, 2.45) is 0 Å². The van der Waals surface area contributed by atoms with Crippen LogP contribution in [0.1, 0.15) is 28.9 Å². The van der Waals surface area contributed by atoms with E-state index in [4.69, 9.17) is 16.9 Å². The third kappa shape index (κ3) is 4.47. The van der Waals surface area contributed by atoms with Crippen molar-refractivity contribution in [2.45, 2.75) is 31.8 Å². The highest BCUT2D eigenvalue weighted by Crippen LogP contribution is 2.21. The molecule has 5 nitrogen and oxygen atoms in total. The van der Waals surface area contributed by atoms with Crippen LogP contribution in [0.2, 0.25) is 5.02 Å². The van der Waals surface area contributed by atoms with Crippen LogP contribution in [0.25, 0.3) is 0 Å². The summed E-state index contributed by atoms with van der Waals surface area (Å²) < 4.78 is 0. The fourth-order valence-corrected chi connectivity index (χ4v) is 2.99. The van der Waals surface area contributed by atoms with Gasteiger partial charge in [0, 0.05) is 23.5 Å². The van der Waals surface area contributed by atoms with Crippen LogP contribution in [0.5, 0.6) is 0 Å². The largest absolute Gasteiger partial charge is 0.326 e. The highest BCUT2D eigenvalue weighted by molar-refractivity contribution is 7.98. The Morgan fingerprint density at radius 3 is 2.54 bits per heavy atom. The molecule has 2 aromatic rings. The Morgan fingerprint density at radius 1 is 1.33 bits per heavy atom. The number of nitrogens with zero attached hydrogens (tertiary/aromatic N) is 3. The van der Waals surface area contributed by atoms with Crippen molar-refractivity contribution in [2.75, 3.05) is 11.6 Å². The number of nitriles is 1. The van der Waals surface area contributed by atoms with Crippen LogP contribution in [0.3, 0.4) is 0 Å². The van der Waals surface area contributed by atoms with E-state index in [0.29, 0.717) is 29.1 Å². The average molecular weight is 361 g/mol. The molecule has 0 aliphatic carbocycles. The van der Waals surface area contributed by atoms with E-state index in [2.05, 4.69) is 15.3 Å². The van der Waals surface area contributed by atoms with Crippen LogP contribution in [-0.4, -0.2) is 22.1 Å². The summed E-state index contributed by atoms with van der Waals surface area (Å²) in [6.45, 7) is 3.87. The van der Waals surface area contributed by atoms with E-state index in [-0.39, 0.29) is 5.91 Å². The highest BCUT2D eigenvalue weighted by atomic mass is 35.5. The van der Waals surface area contributed by atoms with Gasteiger partial charge in [0.15, 0.2) is 5.16 Å². The molecular formula is C17H17ClN4OS. The van der Waals surface area contributed by atoms with E-state index in [1.165, 1.54) is 11.8 Å². The molecule has 0 bridgehead atoms. The lowest BCUT2D eigenvalue weighted by atomic mass is 10.1. The van der Waals surface area contributed by atoms with Crippen molar-refractivity contribution in [3.63, 3.8) is 0 Å². The van der Waals surface area contributed by atoms with E-state index in [1.807, 2.05) is 26.2 Å². The summed E-state index contributed by atoms with van der Waals surface area (Å²) in [4.78, 5) is 21.0. The third-order valence-electron chi connectivity index (χ3n) is 3.56. The van der Waals surface area contributed by atoms with Crippen LogP contribution < -0.4 is 5.32 Å². The zero-order chi connectivity index (χ0) is 17.7. The van der Waals surface area contributed by atoms with Crippen LogP contribution in [0, 0.1) is 25.2 Å². The number of aromatic nitrogens is 2. The van der Waals surface area contributed by atoms with Gasteiger partial charge in [0.05, 0.1) is 10.6 Å². The first-order valence-electron chi connectivity index (χ1n) is 7.32. The molecule has 1 aromatic heterocycles. The predicted molar refractivity (Wildman–Crippen MR) is 96.4 cm³/mol. The first-order valence-corrected chi connectivity index (χ1v) is 8.92. The van der Waals surface area contributed by atoms with Crippen LogP contribution in [-0.2, 0) is 11.2 Å². The van der Waals surface area contributed by atoms with Crippen LogP contribution in [0.15, 0.2) is 23.4 Å². The molecule has 0 spiro atoms. The maximum Gasteiger partial charge on any atom is 0.224 e. The summed E-state index contributed by atoms with van der Waals surface area (Å²) >= 11 is 7.46. The van der Waals surface area contributed by atoms with Crippen molar-refractivity contribution >= 4 is 35.0 Å². The van der Waals surface area contributed by atoms with Gasteiger partial charge in [0.1, 0.15) is 6.07 Å². The summed E-state index contributed by atoms with van der Waals surface area (Å²) in [6, 6.07) is 6.80. The molecule has 0 fully saturated rings. The lowest BCUT2D eigenvalue weighted by Gasteiger charge is -2.10. The molecule has 0 saturated heterocycles. The minimum Gasteiger partial charge on any atom is -0.326 e. The van der Waals surface area contributed by atoms with Gasteiger partial charge >= 0.3 is 0 Å². The van der Waals surface area contributed by atoms with Gasteiger partial charge in [-0.25, -0.2) is 9.97 Å². The van der Waals surface area contributed by atoms with Gasteiger partial charge in [-0.2, -0.15) is 5.26 Å². The molecule has 1 aromatic carbocycles. The smallest absolute Gasteiger partial charge is 0.224 e. The van der Waals surface area contributed by atoms with Crippen molar-refractivity contribution in [1.82, 2.24) is 9.97 Å². The Balaban J connectivity index is 2.01. The minimum atomic E-state index is -0.122. The summed E-state index contributed by atoms with van der Waals surface area (Å²) in [5.41, 5.74) is 3.77. The number of aryl methyl sites for hydroxylation is 2. The Kier molecular flexibility index (Phi) is 6.18. The maximum absolute atomic E-state index is 12.1. The molecule has 0 radical (unpaired) electrons. The zero-order valence-corrected chi connectivity index (χ0v) is 15.3. The number of rotatable bonds is 5. The second-order valence-electron chi connectivity index (χ2n) is 5.21. The number of amides is 1. The van der Waals surface area contributed by atoms with E-state index >= 15 is 0 Å². The van der Waals surface area contributed by atoms with Gasteiger partial charge < -0.3 is 5.32 Å². The third-order valence-corrected chi connectivity index (χ3v) is 4.42. The van der Waals surface area contributed by atoms with E-state index < -0.39 is 0 Å². The van der Waals surface area contributed by atoms with Crippen molar-refractivity contribution in [3.05, 3.63) is 45.7 Å². The zero-order valence-electron chi connectivity index (χ0n) is 13.7. The quantitative estimate of drug-likeness (QED) is 0.646. The fraction of sp³-hybridized carbons (Fsp3) is 0.294. The second-order valence-corrected chi connectivity index (χ2v) is 6.39. The van der Waals surface area contributed by atoms with Gasteiger partial charge in [-0.3, -0.25) is 4.79 Å². The van der Waals surface area contributed by atoms with Gasteiger partial charge in [-0.05, 0) is 50.3 Å². The molecule has 0 saturated carbocycles. The predicted octanol–water partition coefficient (Wildman–Crippen LogP) is 3.91. The molecule has 1 amide bonds. The van der Waals surface area contributed by atoms with Gasteiger partial charge in [-0.15, -0.1) is 0 Å². The fourth-order valence-electron chi connectivity index (χ4n) is 2.31. The maximum atomic E-state index is 12.1. The van der Waals surface area contributed by atoms with E-state index in [0.717, 1.165) is 22.1 Å². The second kappa shape index (κ2) is 8.13. The van der Waals surface area contributed by atoms with Crippen molar-refractivity contribution < 1.29 is 4.79 Å². The number of hydrogen-bond acceptors (Lipinski definition) is 5. The molecule has 0 aliphatic heterocycles. The number of carbonyl (C=O) groups is 1. The highest BCUT2D eigenvalue weighted by Gasteiger charge is 2.11. The molecule has 0 atom stereocenters. The Morgan fingerprint density at radius 2 is 2.00 bits per heavy atom. The summed E-state index contributed by atoms with van der Waals surface area (Å²) in [6.07, 6.45) is 2.83. The number of benzene rings is 1. The van der Waals surface area contributed by atoms with Gasteiger partial charge in [-0.1, -0.05) is 23.4 Å². The molecule has 2 rings (SSSR count). The molecule has 1 N–H and O–H groups in total. The molecule has 1 heterocycles. The molecular weight excluding hydrogens is 344 g/mol. The summed E-state index contributed by atoms with van der Waals surface area (Å²) in [7, 11) is 0. The number of anilines is 1.